The highest BCUT2D eigenvalue weighted by atomic mass is 32.2. The first kappa shape index (κ1) is 26.7. The summed E-state index contributed by atoms with van der Waals surface area (Å²) in [6.45, 7) is 5.57. The van der Waals surface area contributed by atoms with Crippen LogP contribution in [0.15, 0.2) is 59.1 Å². The van der Waals surface area contributed by atoms with Crippen molar-refractivity contribution in [1.29, 1.82) is 5.26 Å². The molecule has 2 aromatic rings. The smallest absolute Gasteiger partial charge is 0.319 e. The Morgan fingerprint density at radius 1 is 1.11 bits per heavy atom. The number of carbonyl (C=O) groups is 4. The number of nitrogens with one attached hydrogen (secondary N) is 2. The minimum Gasteiger partial charge on any atom is -0.468 e. The third-order valence-electron chi connectivity index (χ3n) is 5.87. The summed E-state index contributed by atoms with van der Waals surface area (Å²) in [5, 5.41) is 15.6. The zero-order chi connectivity index (χ0) is 26.4. The molecule has 9 heteroatoms. The zero-order valence-electron chi connectivity index (χ0n) is 20.5. The number of hydrogen-bond donors (Lipinski definition) is 2. The highest BCUT2D eigenvalue weighted by Gasteiger charge is 2.44. The number of nitriles is 1. The maximum Gasteiger partial charge on any atom is 0.319 e. The van der Waals surface area contributed by atoms with Crippen LogP contribution in [-0.2, 0) is 19.1 Å². The van der Waals surface area contributed by atoms with Gasteiger partial charge in [0.1, 0.15) is 5.92 Å². The van der Waals surface area contributed by atoms with Gasteiger partial charge < -0.3 is 15.4 Å². The summed E-state index contributed by atoms with van der Waals surface area (Å²) >= 11 is 1.00. The van der Waals surface area contributed by atoms with Crippen LogP contribution in [0.2, 0.25) is 0 Å². The van der Waals surface area contributed by atoms with Gasteiger partial charge in [-0.25, -0.2) is 0 Å². The van der Waals surface area contributed by atoms with Gasteiger partial charge in [0.05, 0.1) is 29.5 Å². The number of ether oxygens (including phenoxy) is 1. The van der Waals surface area contributed by atoms with Crippen LogP contribution >= 0.6 is 11.8 Å². The number of benzene rings is 2. The summed E-state index contributed by atoms with van der Waals surface area (Å²) in [5.41, 5.74) is 2.95. The molecule has 0 bridgehead atoms. The number of anilines is 1. The number of nitrogens with zero attached hydrogens (tertiary/aromatic N) is 1. The minimum absolute atomic E-state index is 0.0777. The van der Waals surface area contributed by atoms with Crippen molar-refractivity contribution in [2.24, 2.45) is 5.92 Å². The maximum absolute atomic E-state index is 13.0. The Hall–Kier alpha value is -3.90. The standard InChI is InChI=1S/C27H27N3O5S/c1-15(2)17-5-7-19(8-6-17)23-21(13-28)26(30-25(33)24(23)27(34)35-4)36-14-22(32)29-20-11-9-18(10-12-20)16(3)31/h5-12,15,23-24H,14H2,1-4H3,(H,29,32)(H,30,33)/t23-,24-/m0/s1. The highest BCUT2D eigenvalue weighted by molar-refractivity contribution is 8.03. The van der Waals surface area contributed by atoms with Crippen LogP contribution in [0, 0.1) is 17.2 Å². The molecule has 36 heavy (non-hydrogen) atoms. The molecule has 0 radical (unpaired) electrons. The fraction of sp³-hybridized carbons (Fsp3) is 0.296. The minimum atomic E-state index is -1.23. The molecule has 2 aromatic carbocycles. The van der Waals surface area contributed by atoms with E-state index >= 15 is 0 Å². The first-order chi connectivity index (χ1) is 17.2. The lowest BCUT2D eigenvalue weighted by atomic mass is 9.78. The summed E-state index contributed by atoms with van der Waals surface area (Å²) in [6, 6.07) is 16.1. The first-order valence-electron chi connectivity index (χ1n) is 11.3. The third-order valence-corrected chi connectivity index (χ3v) is 6.89. The molecular formula is C27H27N3O5S. The summed E-state index contributed by atoms with van der Waals surface area (Å²) in [5.74, 6) is -3.64. The van der Waals surface area contributed by atoms with Gasteiger partial charge in [-0.3, -0.25) is 19.2 Å². The van der Waals surface area contributed by atoms with Crippen molar-refractivity contribution in [3.63, 3.8) is 0 Å². The molecule has 0 aliphatic carbocycles. The summed E-state index contributed by atoms with van der Waals surface area (Å²) < 4.78 is 4.87. The predicted molar refractivity (Wildman–Crippen MR) is 137 cm³/mol. The number of allylic oxidation sites excluding steroid dienone is 1. The van der Waals surface area contributed by atoms with Gasteiger partial charge in [0.2, 0.25) is 11.8 Å². The SMILES string of the molecule is COC(=O)[C@@H]1C(=O)NC(SCC(=O)Nc2ccc(C(C)=O)cc2)=C(C#N)[C@@H]1c1ccc(C(C)C)cc1. The molecule has 1 aliphatic rings. The number of Topliss-reactive ketones (excluding diaryl/α,β-unsaturated/α-hetero) is 1. The van der Waals surface area contributed by atoms with Gasteiger partial charge >= 0.3 is 5.97 Å². The summed E-state index contributed by atoms with van der Waals surface area (Å²) in [6.07, 6.45) is 0. The Balaban J connectivity index is 1.86. The second kappa shape index (κ2) is 11.7. The van der Waals surface area contributed by atoms with Gasteiger partial charge in [-0.1, -0.05) is 49.9 Å². The van der Waals surface area contributed by atoms with Crippen molar-refractivity contribution in [1.82, 2.24) is 5.32 Å². The number of rotatable bonds is 8. The van der Waals surface area contributed by atoms with E-state index in [-0.39, 0.29) is 28.0 Å². The number of thioether (sulfide) groups is 1. The molecule has 0 spiro atoms. The van der Waals surface area contributed by atoms with E-state index in [9.17, 15) is 24.4 Å². The van der Waals surface area contributed by atoms with Gasteiger partial charge in [0.25, 0.3) is 0 Å². The molecule has 0 saturated heterocycles. The van der Waals surface area contributed by atoms with Crippen LogP contribution in [0.4, 0.5) is 5.69 Å². The molecule has 0 unspecified atom stereocenters. The molecular weight excluding hydrogens is 478 g/mol. The molecule has 0 aromatic heterocycles. The molecule has 2 N–H and O–H groups in total. The monoisotopic (exact) mass is 505 g/mol. The number of hydrogen-bond acceptors (Lipinski definition) is 7. The maximum atomic E-state index is 13.0. The van der Waals surface area contributed by atoms with Crippen LogP contribution in [0.3, 0.4) is 0 Å². The first-order valence-corrected chi connectivity index (χ1v) is 12.3. The Morgan fingerprint density at radius 3 is 2.28 bits per heavy atom. The molecule has 186 valence electrons. The average Bonchev–Trinajstić information content (AvgIpc) is 2.86. The van der Waals surface area contributed by atoms with E-state index in [1.165, 1.54) is 14.0 Å². The number of methoxy groups -OCH3 is 1. The van der Waals surface area contributed by atoms with Crippen LogP contribution in [0.25, 0.3) is 0 Å². The second-order valence-electron chi connectivity index (χ2n) is 8.61. The molecule has 2 amide bonds. The highest BCUT2D eigenvalue weighted by Crippen LogP contribution is 2.40. The summed E-state index contributed by atoms with van der Waals surface area (Å²) in [7, 11) is 1.20. The van der Waals surface area contributed by atoms with Crippen molar-refractivity contribution in [2.45, 2.75) is 32.6 Å². The number of esters is 1. The Morgan fingerprint density at radius 2 is 1.75 bits per heavy atom. The average molecular weight is 506 g/mol. The van der Waals surface area contributed by atoms with Crippen molar-refractivity contribution >= 4 is 41.0 Å². The van der Waals surface area contributed by atoms with Crippen LogP contribution in [0.5, 0.6) is 0 Å². The van der Waals surface area contributed by atoms with Crippen molar-refractivity contribution in [2.75, 3.05) is 18.2 Å². The van der Waals surface area contributed by atoms with E-state index in [4.69, 9.17) is 4.74 Å². The van der Waals surface area contributed by atoms with Gasteiger partial charge in [0, 0.05) is 17.2 Å². The van der Waals surface area contributed by atoms with Crippen molar-refractivity contribution < 1.29 is 23.9 Å². The van der Waals surface area contributed by atoms with E-state index in [0.717, 1.165) is 17.3 Å². The van der Waals surface area contributed by atoms with Gasteiger partial charge in [0.15, 0.2) is 5.78 Å². The third kappa shape index (κ3) is 6.01. The van der Waals surface area contributed by atoms with E-state index in [1.807, 2.05) is 24.3 Å². The summed E-state index contributed by atoms with van der Waals surface area (Å²) in [4.78, 5) is 49.4. The van der Waals surface area contributed by atoms with E-state index in [2.05, 4.69) is 30.6 Å². The Labute approximate surface area is 214 Å². The quantitative estimate of drug-likeness (QED) is 0.314. The molecule has 2 atom stereocenters. The van der Waals surface area contributed by atoms with E-state index in [0.29, 0.717) is 22.7 Å². The topological polar surface area (TPSA) is 125 Å². The van der Waals surface area contributed by atoms with Crippen molar-refractivity contribution in [3.05, 3.63) is 75.8 Å². The van der Waals surface area contributed by atoms with Crippen LogP contribution in [-0.4, -0.2) is 36.4 Å². The number of carbonyl (C=O) groups excluding carboxylic acids is 4. The zero-order valence-corrected chi connectivity index (χ0v) is 21.3. The molecule has 1 aliphatic heterocycles. The fourth-order valence-corrected chi connectivity index (χ4v) is 4.74. The lowest BCUT2D eigenvalue weighted by Crippen LogP contribution is -2.44. The lowest BCUT2D eigenvalue weighted by molar-refractivity contribution is -0.150. The van der Waals surface area contributed by atoms with Crippen molar-refractivity contribution in [3.8, 4) is 6.07 Å². The molecule has 0 fully saturated rings. The molecule has 8 nitrogen and oxygen atoms in total. The largest absolute Gasteiger partial charge is 0.468 e. The Kier molecular flexibility index (Phi) is 8.67. The van der Waals surface area contributed by atoms with Gasteiger partial charge in [-0.05, 0) is 48.2 Å². The van der Waals surface area contributed by atoms with Gasteiger partial charge in [-0.15, -0.1) is 0 Å². The molecule has 0 saturated carbocycles. The second-order valence-corrected chi connectivity index (χ2v) is 9.60. The molecule has 1 heterocycles. The van der Waals surface area contributed by atoms with E-state index in [1.54, 1.807) is 24.3 Å². The number of amides is 2. The van der Waals surface area contributed by atoms with Gasteiger partial charge in [-0.2, -0.15) is 5.26 Å². The van der Waals surface area contributed by atoms with Crippen LogP contribution in [0.1, 0.15) is 54.1 Å². The predicted octanol–water partition coefficient (Wildman–Crippen LogP) is 4.12. The normalized spacial score (nSPS) is 17.3. The molecule has 3 rings (SSSR count). The number of ketones is 1. The van der Waals surface area contributed by atoms with E-state index < -0.39 is 23.7 Å². The fourth-order valence-electron chi connectivity index (χ4n) is 3.89. The lowest BCUT2D eigenvalue weighted by Gasteiger charge is -2.31. The Bertz CT molecular complexity index is 1240. The van der Waals surface area contributed by atoms with Crippen LogP contribution < -0.4 is 10.6 Å².